The molecule has 1 saturated heterocycles. The lowest BCUT2D eigenvalue weighted by Gasteiger charge is -2.27. The van der Waals surface area contributed by atoms with E-state index in [9.17, 15) is 0 Å². The summed E-state index contributed by atoms with van der Waals surface area (Å²) < 4.78 is 5.55. The number of thioether (sulfide) groups is 1. The largest absolute Gasteiger partial charge is 0.381 e. The highest BCUT2D eigenvalue weighted by Gasteiger charge is 2.38. The molecule has 0 saturated carbocycles. The van der Waals surface area contributed by atoms with Crippen LogP contribution in [-0.4, -0.2) is 24.3 Å². The molecule has 92 valence electrons. The predicted molar refractivity (Wildman–Crippen MR) is 73.0 cm³/mol. The van der Waals surface area contributed by atoms with Gasteiger partial charge in [0.25, 0.3) is 0 Å². The Morgan fingerprint density at radius 3 is 3.00 bits per heavy atom. The first kappa shape index (κ1) is 11.9. The van der Waals surface area contributed by atoms with E-state index < -0.39 is 0 Å². The van der Waals surface area contributed by atoms with Crippen molar-refractivity contribution in [1.29, 1.82) is 0 Å². The molecule has 1 nitrogen and oxygen atoms in total. The Morgan fingerprint density at radius 1 is 1.41 bits per heavy atom. The maximum absolute atomic E-state index is 6.17. The van der Waals surface area contributed by atoms with Crippen LogP contribution in [0.1, 0.15) is 18.4 Å². The molecule has 3 heteroatoms. The smallest absolute Gasteiger partial charge is 0.0535 e. The number of rotatable bonds is 3. The molecule has 0 bridgehead atoms. The number of hydrogen-bond acceptors (Lipinski definition) is 2. The fourth-order valence-corrected chi connectivity index (χ4v) is 4.66. The molecule has 3 rings (SSSR count). The van der Waals surface area contributed by atoms with Gasteiger partial charge < -0.3 is 4.74 Å². The first-order valence-electron chi connectivity index (χ1n) is 6.20. The van der Waals surface area contributed by atoms with Crippen LogP contribution in [-0.2, 0) is 11.2 Å². The molecule has 0 N–H and O–H groups in total. The second-order valence-electron chi connectivity index (χ2n) is 5.19. The minimum absolute atomic E-state index is 0.237. The third-order valence-corrected chi connectivity index (χ3v) is 5.73. The average Bonchev–Trinajstić information content (AvgIpc) is 2.95. The number of alkyl halides is 1. The number of benzene rings is 1. The molecule has 2 aliphatic rings. The number of fused-ring (bicyclic) bond motifs is 1. The fourth-order valence-electron chi connectivity index (χ4n) is 2.82. The summed E-state index contributed by atoms with van der Waals surface area (Å²) in [5.74, 6) is 0.737. The van der Waals surface area contributed by atoms with E-state index in [1.54, 1.807) is 0 Å². The maximum atomic E-state index is 6.17. The summed E-state index contributed by atoms with van der Waals surface area (Å²) in [6, 6.07) is 8.75. The van der Waals surface area contributed by atoms with Crippen LogP contribution in [0.25, 0.3) is 0 Å². The first-order chi connectivity index (χ1) is 8.31. The molecule has 1 aromatic rings. The van der Waals surface area contributed by atoms with E-state index in [1.807, 2.05) is 11.8 Å². The normalized spacial score (nSPS) is 31.7. The molecule has 0 spiro atoms. The summed E-state index contributed by atoms with van der Waals surface area (Å²) in [6.45, 7) is 1.74. The molecule has 0 aromatic heterocycles. The summed E-state index contributed by atoms with van der Waals surface area (Å²) >= 11 is 8.19. The van der Waals surface area contributed by atoms with Crippen LogP contribution in [0.15, 0.2) is 29.2 Å². The topological polar surface area (TPSA) is 9.23 Å². The minimum atomic E-state index is 0.237. The molecule has 2 atom stereocenters. The van der Waals surface area contributed by atoms with Gasteiger partial charge in [-0.05, 0) is 30.9 Å². The van der Waals surface area contributed by atoms with Crippen molar-refractivity contribution in [2.24, 2.45) is 5.41 Å². The van der Waals surface area contributed by atoms with Gasteiger partial charge in [0, 0.05) is 28.0 Å². The molecule has 2 unspecified atom stereocenters. The Morgan fingerprint density at radius 2 is 2.29 bits per heavy atom. The van der Waals surface area contributed by atoms with Crippen LogP contribution < -0.4 is 0 Å². The first-order valence-corrected chi connectivity index (χ1v) is 7.61. The summed E-state index contributed by atoms with van der Waals surface area (Å²) in [6.07, 6.45) is 3.51. The van der Waals surface area contributed by atoms with Crippen molar-refractivity contribution in [3.8, 4) is 0 Å². The van der Waals surface area contributed by atoms with Gasteiger partial charge in [-0.1, -0.05) is 18.2 Å². The van der Waals surface area contributed by atoms with Gasteiger partial charge in [0.2, 0.25) is 0 Å². The Bertz CT molecular complexity index is 376. The van der Waals surface area contributed by atoms with Crippen LogP contribution in [0.3, 0.4) is 0 Å². The molecule has 17 heavy (non-hydrogen) atoms. The zero-order valence-electron chi connectivity index (χ0n) is 9.82. The Balaban J connectivity index is 1.69. The lowest BCUT2D eigenvalue weighted by molar-refractivity contribution is 0.156. The molecular weight excluding hydrogens is 252 g/mol. The van der Waals surface area contributed by atoms with Crippen molar-refractivity contribution in [1.82, 2.24) is 0 Å². The van der Waals surface area contributed by atoms with E-state index in [0.29, 0.717) is 5.25 Å². The molecule has 2 heterocycles. The molecule has 0 amide bonds. The van der Waals surface area contributed by atoms with E-state index in [1.165, 1.54) is 23.3 Å². The van der Waals surface area contributed by atoms with Crippen molar-refractivity contribution in [3.63, 3.8) is 0 Å². The SMILES string of the molecule is ClCC1(CC2Cc3ccccc3S2)CCOC1. The Labute approximate surface area is 112 Å². The predicted octanol–water partition coefficient (Wildman–Crippen LogP) is 3.74. The third kappa shape index (κ3) is 2.35. The van der Waals surface area contributed by atoms with Gasteiger partial charge in [0.05, 0.1) is 6.61 Å². The van der Waals surface area contributed by atoms with Gasteiger partial charge in [-0.2, -0.15) is 0 Å². The van der Waals surface area contributed by atoms with Crippen LogP contribution in [0.2, 0.25) is 0 Å². The van der Waals surface area contributed by atoms with Crippen LogP contribution in [0.4, 0.5) is 0 Å². The van der Waals surface area contributed by atoms with E-state index in [4.69, 9.17) is 16.3 Å². The summed E-state index contributed by atoms with van der Waals surface area (Å²) in [5.41, 5.74) is 1.74. The second kappa shape index (κ2) is 4.83. The highest BCUT2D eigenvalue weighted by Crippen LogP contribution is 2.45. The number of halogens is 1. The highest BCUT2D eigenvalue weighted by molar-refractivity contribution is 8.00. The monoisotopic (exact) mass is 268 g/mol. The maximum Gasteiger partial charge on any atom is 0.0535 e. The van der Waals surface area contributed by atoms with Gasteiger partial charge in [-0.15, -0.1) is 23.4 Å². The van der Waals surface area contributed by atoms with Crippen molar-refractivity contribution in [2.45, 2.75) is 29.4 Å². The third-order valence-electron chi connectivity index (χ3n) is 3.84. The van der Waals surface area contributed by atoms with E-state index in [0.717, 1.165) is 25.5 Å². The van der Waals surface area contributed by atoms with E-state index in [-0.39, 0.29) is 5.41 Å². The fraction of sp³-hybridized carbons (Fsp3) is 0.571. The molecule has 0 aliphatic carbocycles. The quantitative estimate of drug-likeness (QED) is 0.773. The molecule has 0 radical (unpaired) electrons. The van der Waals surface area contributed by atoms with Crippen molar-refractivity contribution in [2.75, 3.05) is 19.1 Å². The van der Waals surface area contributed by atoms with Gasteiger partial charge in [0.15, 0.2) is 0 Å². The standard InChI is InChI=1S/C14H17ClOS/c15-9-14(5-6-16-10-14)8-12-7-11-3-1-2-4-13(11)17-12/h1-4,12H,5-10H2. The van der Waals surface area contributed by atoms with Crippen LogP contribution >= 0.6 is 23.4 Å². The molecule has 1 aromatic carbocycles. The Kier molecular flexibility index (Phi) is 3.38. The minimum Gasteiger partial charge on any atom is -0.381 e. The highest BCUT2D eigenvalue weighted by atomic mass is 35.5. The van der Waals surface area contributed by atoms with Gasteiger partial charge >= 0.3 is 0 Å². The lowest BCUT2D eigenvalue weighted by Crippen LogP contribution is -2.27. The van der Waals surface area contributed by atoms with Crippen molar-refractivity contribution >= 4 is 23.4 Å². The van der Waals surface area contributed by atoms with Gasteiger partial charge in [0.1, 0.15) is 0 Å². The summed E-state index contributed by atoms with van der Waals surface area (Å²) in [4.78, 5) is 1.46. The van der Waals surface area contributed by atoms with Gasteiger partial charge in [-0.25, -0.2) is 0 Å². The lowest BCUT2D eigenvalue weighted by atomic mass is 9.83. The second-order valence-corrected chi connectivity index (χ2v) is 6.80. The molecule has 2 aliphatic heterocycles. The van der Waals surface area contributed by atoms with Gasteiger partial charge in [-0.3, -0.25) is 0 Å². The van der Waals surface area contributed by atoms with E-state index in [2.05, 4.69) is 24.3 Å². The van der Waals surface area contributed by atoms with Crippen LogP contribution in [0.5, 0.6) is 0 Å². The molecule has 1 fully saturated rings. The Hall–Kier alpha value is -0.180. The van der Waals surface area contributed by atoms with Crippen LogP contribution in [0, 0.1) is 5.41 Å². The van der Waals surface area contributed by atoms with E-state index >= 15 is 0 Å². The summed E-state index contributed by atoms with van der Waals surface area (Å²) in [7, 11) is 0. The average molecular weight is 269 g/mol. The summed E-state index contributed by atoms with van der Waals surface area (Å²) in [5, 5.41) is 0.688. The number of ether oxygens (including phenoxy) is 1. The zero-order valence-corrected chi connectivity index (χ0v) is 11.4. The zero-order chi connectivity index (χ0) is 11.7. The number of hydrogen-bond donors (Lipinski definition) is 0. The van der Waals surface area contributed by atoms with Crippen molar-refractivity contribution < 1.29 is 4.74 Å². The molecular formula is C14H17ClOS. The van der Waals surface area contributed by atoms with Crippen molar-refractivity contribution in [3.05, 3.63) is 29.8 Å².